The van der Waals surface area contributed by atoms with Gasteiger partial charge in [-0.3, -0.25) is 0 Å². The molecule has 0 saturated carbocycles. The molecule has 86 valence electrons. The molecular formula is C12H22N2O. The van der Waals surface area contributed by atoms with Gasteiger partial charge in [-0.15, -0.1) is 0 Å². The first kappa shape index (κ1) is 13.6. The van der Waals surface area contributed by atoms with Crippen molar-refractivity contribution in [3.8, 4) is 5.75 Å². The van der Waals surface area contributed by atoms with Gasteiger partial charge >= 0.3 is 0 Å². The summed E-state index contributed by atoms with van der Waals surface area (Å²) in [5.74, 6) is 0.725. The normalized spacial score (nSPS) is 9.00. The van der Waals surface area contributed by atoms with Crippen LogP contribution in [0.15, 0.2) is 18.2 Å². The Balaban J connectivity index is 0.000000921. The summed E-state index contributed by atoms with van der Waals surface area (Å²) in [6, 6.07) is 5.30. The molecule has 1 aromatic carbocycles. The van der Waals surface area contributed by atoms with E-state index in [1.54, 1.807) is 18.2 Å². The van der Waals surface area contributed by atoms with Gasteiger partial charge in [-0.05, 0) is 24.6 Å². The molecule has 0 radical (unpaired) electrons. The Bertz CT molecular complexity index is 274. The Labute approximate surface area is 92.4 Å². The van der Waals surface area contributed by atoms with Gasteiger partial charge in [0.05, 0.1) is 12.3 Å². The van der Waals surface area contributed by atoms with Crippen molar-refractivity contribution in [3.05, 3.63) is 18.2 Å². The molecule has 0 aliphatic carbocycles. The lowest BCUT2D eigenvalue weighted by molar-refractivity contribution is 0.311. The van der Waals surface area contributed by atoms with Crippen LogP contribution in [0.5, 0.6) is 5.75 Å². The second-order valence-electron chi connectivity index (χ2n) is 3.00. The zero-order chi connectivity index (χ0) is 11.7. The summed E-state index contributed by atoms with van der Waals surface area (Å²) in [5, 5.41) is 0. The predicted octanol–water partition coefficient (Wildman–Crippen LogP) is 3.06. The number of ether oxygens (including phenoxy) is 1. The SMILES string of the molecule is CC.CCCCOc1ccc(N)cc1N. The largest absolute Gasteiger partial charge is 0.491 e. The summed E-state index contributed by atoms with van der Waals surface area (Å²) in [7, 11) is 0. The molecule has 0 aliphatic rings. The van der Waals surface area contributed by atoms with Crippen LogP contribution in [-0.2, 0) is 0 Å². The highest BCUT2D eigenvalue weighted by atomic mass is 16.5. The van der Waals surface area contributed by atoms with Crippen molar-refractivity contribution in [2.75, 3.05) is 18.1 Å². The number of hydrogen-bond donors (Lipinski definition) is 2. The molecule has 0 bridgehead atoms. The van der Waals surface area contributed by atoms with Crippen LogP contribution in [0.2, 0.25) is 0 Å². The van der Waals surface area contributed by atoms with Gasteiger partial charge in [0.1, 0.15) is 5.75 Å². The Morgan fingerprint density at radius 1 is 1.20 bits per heavy atom. The Hall–Kier alpha value is -1.38. The smallest absolute Gasteiger partial charge is 0.142 e. The number of rotatable bonds is 4. The first-order chi connectivity index (χ1) is 7.24. The van der Waals surface area contributed by atoms with Gasteiger partial charge in [-0.1, -0.05) is 27.2 Å². The number of nitrogens with two attached hydrogens (primary N) is 2. The van der Waals surface area contributed by atoms with Gasteiger partial charge in [-0.2, -0.15) is 0 Å². The number of hydrogen-bond acceptors (Lipinski definition) is 3. The van der Waals surface area contributed by atoms with E-state index in [-0.39, 0.29) is 0 Å². The van der Waals surface area contributed by atoms with E-state index in [1.165, 1.54) is 0 Å². The zero-order valence-electron chi connectivity index (χ0n) is 9.92. The lowest BCUT2D eigenvalue weighted by atomic mass is 10.2. The first-order valence-corrected chi connectivity index (χ1v) is 5.52. The second kappa shape index (κ2) is 7.97. The van der Waals surface area contributed by atoms with Crippen molar-refractivity contribution >= 4 is 11.4 Å². The third-order valence-corrected chi connectivity index (χ3v) is 1.79. The van der Waals surface area contributed by atoms with Crippen LogP contribution in [0.4, 0.5) is 11.4 Å². The topological polar surface area (TPSA) is 61.3 Å². The lowest BCUT2D eigenvalue weighted by Gasteiger charge is -2.08. The van der Waals surface area contributed by atoms with Crippen LogP contribution in [0.1, 0.15) is 33.6 Å². The molecule has 0 heterocycles. The van der Waals surface area contributed by atoms with E-state index >= 15 is 0 Å². The molecule has 0 unspecified atom stereocenters. The molecule has 1 aromatic rings. The van der Waals surface area contributed by atoms with Gasteiger partial charge < -0.3 is 16.2 Å². The highest BCUT2D eigenvalue weighted by molar-refractivity contribution is 5.60. The molecule has 0 saturated heterocycles. The maximum atomic E-state index is 5.70. The molecular weight excluding hydrogens is 188 g/mol. The first-order valence-electron chi connectivity index (χ1n) is 5.52. The molecule has 1 rings (SSSR count). The van der Waals surface area contributed by atoms with Crippen molar-refractivity contribution in [1.29, 1.82) is 0 Å². The summed E-state index contributed by atoms with van der Waals surface area (Å²) in [5.41, 5.74) is 12.5. The fourth-order valence-electron chi connectivity index (χ4n) is 1.02. The summed E-state index contributed by atoms with van der Waals surface area (Å²) < 4.78 is 5.45. The molecule has 0 aliphatic heterocycles. The standard InChI is InChI=1S/C10H16N2O.C2H6/c1-2-3-6-13-10-5-4-8(11)7-9(10)12;1-2/h4-5,7H,2-3,6,11-12H2,1H3;1-2H3. The van der Waals surface area contributed by atoms with E-state index < -0.39 is 0 Å². The number of benzene rings is 1. The minimum atomic E-state index is 0.608. The van der Waals surface area contributed by atoms with Gasteiger partial charge in [0, 0.05) is 5.69 Å². The molecule has 3 nitrogen and oxygen atoms in total. The molecule has 0 fully saturated rings. The molecule has 4 N–H and O–H groups in total. The molecule has 0 aromatic heterocycles. The fraction of sp³-hybridized carbons (Fsp3) is 0.500. The molecule has 0 atom stereocenters. The molecule has 0 spiro atoms. The van der Waals surface area contributed by atoms with Crippen LogP contribution in [0, 0.1) is 0 Å². The fourth-order valence-corrected chi connectivity index (χ4v) is 1.02. The number of anilines is 2. The zero-order valence-corrected chi connectivity index (χ0v) is 9.92. The van der Waals surface area contributed by atoms with Crippen LogP contribution >= 0.6 is 0 Å². The summed E-state index contributed by atoms with van der Waals surface area (Å²) in [4.78, 5) is 0. The Kier molecular flexibility index (Phi) is 7.24. The van der Waals surface area contributed by atoms with Crippen molar-refractivity contribution in [2.24, 2.45) is 0 Å². The number of unbranched alkanes of at least 4 members (excludes halogenated alkanes) is 1. The molecule has 0 amide bonds. The van der Waals surface area contributed by atoms with Crippen LogP contribution < -0.4 is 16.2 Å². The average Bonchev–Trinajstić information content (AvgIpc) is 2.24. The van der Waals surface area contributed by atoms with Crippen LogP contribution in [0.3, 0.4) is 0 Å². The van der Waals surface area contributed by atoms with Crippen molar-refractivity contribution in [2.45, 2.75) is 33.6 Å². The highest BCUT2D eigenvalue weighted by Crippen LogP contribution is 2.23. The highest BCUT2D eigenvalue weighted by Gasteiger charge is 1.99. The second-order valence-corrected chi connectivity index (χ2v) is 3.00. The maximum Gasteiger partial charge on any atom is 0.142 e. The number of nitrogen functional groups attached to an aromatic ring is 2. The van der Waals surface area contributed by atoms with E-state index in [1.807, 2.05) is 13.8 Å². The third kappa shape index (κ3) is 5.15. The lowest BCUT2D eigenvalue weighted by Crippen LogP contribution is -2.00. The Morgan fingerprint density at radius 3 is 2.40 bits per heavy atom. The average molecular weight is 210 g/mol. The quantitative estimate of drug-likeness (QED) is 0.593. The van der Waals surface area contributed by atoms with Crippen molar-refractivity contribution in [3.63, 3.8) is 0 Å². The van der Waals surface area contributed by atoms with Gasteiger partial charge in [0.15, 0.2) is 0 Å². The predicted molar refractivity (Wildman–Crippen MR) is 67.0 cm³/mol. The minimum Gasteiger partial charge on any atom is -0.491 e. The van der Waals surface area contributed by atoms with Gasteiger partial charge in [-0.25, -0.2) is 0 Å². The van der Waals surface area contributed by atoms with E-state index in [4.69, 9.17) is 16.2 Å². The van der Waals surface area contributed by atoms with E-state index in [2.05, 4.69) is 6.92 Å². The van der Waals surface area contributed by atoms with Crippen molar-refractivity contribution in [1.82, 2.24) is 0 Å². The Morgan fingerprint density at radius 2 is 1.87 bits per heavy atom. The van der Waals surface area contributed by atoms with Gasteiger partial charge in [0.2, 0.25) is 0 Å². The van der Waals surface area contributed by atoms with E-state index in [9.17, 15) is 0 Å². The van der Waals surface area contributed by atoms with Crippen LogP contribution in [0.25, 0.3) is 0 Å². The van der Waals surface area contributed by atoms with E-state index in [0.29, 0.717) is 18.0 Å². The summed E-state index contributed by atoms with van der Waals surface area (Å²) in [6.45, 7) is 6.83. The van der Waals surface area contributed by atoms with Gasteiger partial charge in [0.25, 0.3) is 0 Å². The molecule has 3 heteroatoms. The monoisotopic (exact) mass is 210 g/mol. The molecule has 15 heavy (non-hydrogen) atoms. The van der Waals surface area contributed by atoms with Crippen molar-refractivity contribution < 1.29 is 4.74 Å². The summed E-state index contributed by atoms with van der Waals surface area (Å²) in [6.07, 6.45) is 2.17. The van der Waals surface area contributed by atoms with E-state index in [0.717, 1.165) is 18.6 Å². The van der Waals surface area contributed by atoms with Crippen LogP contribution in [-0.4, -0.2) is 6.61 Å². The third-order valence-electron chi connectivity index (χ3n) is 1.79. The summed E-state index contributed by atoms with van der Waals surface area (Å²) >= 11 is 0. The maximum absolute atomic E-state index is 5.70. The minimum absolute atomic E-state index is 0.608.